The first kappa shape index (κ1) is 14.6. The van der Waals surface area contributed by atoms with Gasteiger partial charge >= 0.3 is 11.9 Å². The van der Waals surface area contributed by atoms with Crippen molar-refractivity contribution in [3.05, 3.63) is 29.6 Å². The molecule has 0 saturated heterocycles. The van der Waals surface area contributed by atoms with Crippen LogP contribution >= 0.6 is 0 Å². The highest BCUT2D eigenvalue weighted by molar-refractivity contribution is 6.01. The minimum Gasteiger partial charge on any atom is -0.481 e. The topological polar surface area (TPSA) is 92.7 Å². The normalized spacial score (nSPS) is 9.79. The highest BCUT2D eigenvalue weighted by Crippen LogP contribution is 2.18. The van der Waals surface area contributed by atoms with Gasteiger partial charge in [-0.05, 0) is 18.2 Å². The molecule has 102 valence electrons. The zero-order valence-electron chi connectivity index (χ0n) is 10.1. The van der Waals surface area contributed by atoms with E-state index in [2.05, 4.69) is 10.1 Å². The second kappa shape index (κ2) is 6.48. The summed E-state index contributed by atoms with van der Waals surface area (Å²) in [6.07, 6.45) is -0.575. The van der Waals surface area contributed by atoms with Gasteiger partial charge in [0, 0.05) is 6.42 Å². The Bertz CT molecular complexity index is 515. The molecule has 19 heavy (non-hydrogen) atoms. The molecule has 6 nitrogen and oxygen atoms in total. The summed E-state index contributed by atoms with van der Waals surface area (Å²) < 4.78 is 17.5. The Morgan fingerprint density at radius 3 is 2.58 bits per heavy atom. The largest absolute Gasteiger partial charge is 0.481 e. The van der Waals surface area contributed by atoms with Gasteiger partial charge in [0.2, 0.25) is 5.91 Å². The Kier molecular flexibility index (Phi) is 4.99. The third kappa shape index (κ3) is 4.38. The van der Waals surface area contributed by atoms with E-state index >= 15 is 0 Å². The highest BCUT2D eigenvalue weighted by Gasteiger charge is 2.15. The number of carbonyl (C=O) groups is 3. The number of aliphatic carboxylic acids is 1. The average molecular weight is 269 g/mol. The maximum Gasteiger partial charge on any atom is 0.340 e. The van der Waals surface area contributed by atoms with Crippen LogP contribution in [-0.2, 0) is 14.3 Å². The number of rotatable bonds is 5. The molecule has 2 N–H and O–H groups in total. The number of amides is 1. The van der Waals surface area contributed by atoms with Gasteiger partial charge in [-0.25, -0.2) is 9.18 Å². The second-order valence-electron chi connectivity index (χ2n) is 3.62. The third-order valence-electron chi connectivity index (χ3n) is 2.23. The van der Waals surface area contributed by atoms with Crippen molar-refractivity contribution in [3.8, 4) is 0 Å². The number of benzene rings is 1. The van der Waals surface area contributed by atoms with Crippen molar-refractivity contribution in [2.75, 3.05) is 12.4 Å². The summed E-state index contributed by atoms with van der Waals surface area (Å²) in [7, 11) is 1.13. The molecule has 0 saturated carbocycles. The molecule has 0 heterocycles. The molecule has 0 aliphatic heterocycles. The summed E-state index contributed by atoms with van der Waals surface area (Å²) in [5, 5.41) is 10.8. The number of hydrogen-bond acceptors (Lipinski definition) is 4. The number of carboxylic acids is 1. The number of carboxylic acid groups (broad SMARTS) is 1. The van der Waals surface area contributed by atoms with Gasteiger partial charge < -0.3 is 15.2 Å². The van der Waals surface area contributed by atoms with Crippen LogP contribution in [0, 0.1) is 5.82 Å². The maximum atomic E-state index is 13.0. The number of anilines is 1. The van der Waals surface area contributed by atoms with Crippen molar-refractivity contribution < 1.29 is 28.6 Å². The number of esters is 1. The van der Waals surface area contributed by atoms with Crippen molar-refractivity contribution in [3.63, 3.8) is 0 Å². The summed E-state index contributed by atoms with van der Waals surface area (Å²) in [6.45, 7) is 0. The lowest BCUT2D eigenvalue weighted by Crippen LogP contribution is -2.16. The molecule has 1 aromatic carbocycles. The minimum atomic E-state index is -1.11. The molecule has 0 aliphatic rings. The summed E-state index contributed by atoms with van der Waals surface area (Å²) in [5.41, 5.74) is -0.0604. The summed E-state index contributed by atoms with van der Waals surface area (Å²) in [6, 6.07) is 3.21. The van der Waals surface area contributed by atoms with Gasteiger partial charge in [-0.3, -0.25) is 9.59 Å². The Morgan fingerprint density at radius 2 is 2.00 bits per heavy atom. The van der Waals surface area contributed by atoms with E-state index in [0.29, 0.717) is 0 Å². The molecular formula is C12H12FNO5. The number of hydrogen-bond donors (Lipinski definition) is 2. The van der Waals surface area contributed by atoms with E-state index in [0.717, 1.165) is 19.2 Å². The van der Waals surface area contributed by atoms with E-state index in [4.69, 9.17) is 5.11 Å². The summed E-state index contributed by atoms with van der Waals surface area (Å²) in [4.78, 5) is 33.2. The number of nitrogens with one attached hydrogen (secondary N) is 1. The fraction of sp³-hybridized carbons (Fsp3) is 0.250. The molecule has 0 spiro atoms. The Hall–Kier alpha value is -2.44. The molecule has 1 rings (SSSR count). The van der Waals surface area contributed by atoms with E-state index in [1.54, 1.807) is 0 Å². The smallest absolute Gasteiger partial charge is 0.340 e. The Balaban J connectivity index is 2.85. The Labute approximate surface area is 108 Å². The average Bonchev–Trinajstić information content (AvgIpc) is 2.37. The van der Waals surface area contributed by atoms with Crippen LogP contribution in [0.1, 0.15) is 23.2 Å². The molecule has 1 aromatic rings. The fourth-order valence-corrected chi connectivity index (χ4v) is 1.34. The molecule has 7 heteroatoms. The predicted octanol–water partition coefficient (Wildman–Crippen LogP) is 1.42. The number of methoxy groups -OCH3 is 1. The first-order valence-electron chi connectivity index (χ1n) is 5.33. The molecule has 1 amide bonds. The Morgan fingerprint density at radius 1 is 1.32 bits per heavy atom. The molecule has 0 bridgehead atoms. The molecule has 0 fully saturated rings. The van der Waals surface area contributed by atoms with Crippen LogP contribution in [0.5, 0.6) is 0 Å². The van der Waals surface area contributed by atoms with Crippen molar-refractivity contribution in [2.45, 2.75) is 12.8 Å². The molecule has 0 aromatic heterocycles. The van der Waals surface area contributed by atoms with E-state index in [1.165, 1.54) is 6.07 Å². The van der Waals surface area contributed by atoms with Crippen molar-refractivity contribution in [2.24, 2.45) is 0 Å². The van der Waals surface area contributed by atoms with Gasteiger partial charge in [0.1, 0.15) is 5.82 Å². The van der Waals surface area contributed by atoms with E-state index in [9.17, 15) is 18.8 Å². The van der Waals surface area contributed by atoms with Gasteiger partial charge in [-0.1, -0.05) is 0 Å². The van der Waals surface area contributed by atoms with Gasteiger partial charge in [-0.15, -0.1) is 0 Å². The first-order valence-corrected chi connectivity index (χ1v) is 5.33. The van der Waals surface area contributed by atoms with Crippen molar-refractivity contribution in [1.29, 1.82) is 0 Å². The number of carbonyl (C=O) groups excluding carboxylic acids is 2. The van der Waals surface area contributed by atoms with E-state index in [1.807, 2.05) is 0 Å². The van der Waals surface area contributed by atoms with E-state index < -0.39 is 23.7 Å². The van der Waals surface area contributed by atoms with Gasteiger partial charge in [0.05, 0.1) is 24.8 Å². The lowest BCUT2D eigenvalue weighted by atomic mass is 10.1. The summed E-state index contributed by atoms with van der Waals surface area (Å²) >= 11 is 0. The zero-order chi connectivity index (χ0) is 14.4. The van der Waals surface area contributed by atoms with E-state index in [-0.39, 0.29) is 24.1 Å². The molecule has 0 atom stereocenters. The van der Waals surface area contributed by atoms with Crippen LogP contribution in [0.2, 0.25) is 0 Å². The third-order valence-corrected chi connectivity index (χ3v) is 2.23. The summed E-state index contributed by atoms with van der Waals surface area (Å²) in [5.74, 6) is -3.14. The highest BCUT2D eigenvalue weighted by atomic mass is 19.1. The molecule has 0 radical (unpaired) electrons. The van der Waals surface area contributed by atoms with Crippen LogP contribution < -0.4 is 5.32 Å². The predicted molar refractivity (Wildman–Crippen MR) is 63.2 cm³/mol. The minimum absolute atomic E-state index is 0.0728. The molecular weight excluding hydrogens is 257 g/mol. The SMILES string of the molecule is COC(=O)c1cc(F)ccc1NC(=O)CCC(=O)O. The lowest BCUT2D eigenvalue weighted by molar-refractivity contribution is -0.138. The monoisotopic (exact) mass is 269 g/mol. The van der Waals surface area contributed by atoms with Crippen LogP contribution in [0.4, 0.5) is 10.1 Å². The van der Waals surface area contributed by atoms with Gasteiger partial charge in [0.15, 0.2) is 0 Å². The van der Waals surface area contributed by atoms with Crippen LogP contribution in [0.25, 0.3) is 0 Å². The first-order chi connectivity index (χ1) is 8.93. The number of ether oxygens (including phenoxy) is 1. The van der Waals surface area contributed by atoms with Crippen molar-refractivity contribution in [1.82, 2.24) is 0 Å². The van der Waals surface area contributed by atoms with Crippen LogP contribution in [0.15, 0.2) is 18.2 Å². The number of halogens is 1. The lowest BCUT2D eigenvalue weighted by Gasteiger charge is -2.09. The zero-order valence-corrected chi connectivity index (χ0v) is 10.1. The van der Waals surface area contributed by atoms with Gasteiger partial charge in [0.25, 0.3) is 0 Å². The quantitative estimate of drug-likeness (QED) is 0.788. The standard InChI is InChI=1S/C12H12FNO5/c1-19-12(18)8-6-7(13)2-3-9(8)14-10(15)4-5-11(16)17/h2-3,6H,4-5H2,1H3,(H,14,15)(H,16,17). The molecule has 0 aliphatic carbocycles. The van der Waals surface area contributed by atoms with Crippen molar-refractivity contribution >= 4 is 23.5 Å². The fourth-order valence-electron chi connectivity index (χ4n) is 1.34. The maximum absolute atomic E-state index is 13.0. The van der Waals surface area contributed by atoms with Crippen LogP contribution in [0.3, 0.4) is 0 Å². The second-order valence-corrected chi connectivity index (χ2v) is 3.62. The van der Waals surface area contributed by atoms with Gasteiger partial charge in [-0.2, -0.15) is 0 Å². The molecule has 0 unspecified atom stereocenters. The van der Waals surface area contributed by atoms with Crippen LogP contribution in [-0.4, -0.2) is 30.1 Å².